The van der Waals surface area contributed by atoms with Crippen molar-refractivity contribution < 1.29 is 19.2 Å². The van der Waals surface area contributed by atoms with Crippen molar-refractivity contribution in [1.29, 1.82) is 0 Å². The summed E-state index contributed by atoms with van der Waals surface area (Å²) in [4.78, 5) is 48.9. The number of carbonyl (C=O) groups is 4. The van der Waals surface area contributed by atoms with E-state index in [0.717, 1.165) is 27.8 Å². The van der Waals surface area contributed by atoms with Gasteiger partial charge in [0.1, 0.15) is 12.1 Å². The van der Waals surface area contributed by atoms with Crippen LogP contribution in [0.15, 0.2) is 30.0 Å². The van der Waals surface area contributed by atoms with Crippen molar-refractivity contribution in [3.8, 4) is 0 Å². The zero-order chi connectivity index (χ0) is 19.7. The number of fused-ring (bicyclic) bond motifs is 1. The smallest absolute Gasteiger partial charge is 0.331 e. The van der Waals surface area contributed by atoms with Crippen LogP contribution in [-0.4, -0.2) is 39.8 Å². The van der Waals surface area contributed by atoms with Gasteiger partial charge in [0.2, 0.25) is 5.91 Å². The minimum atomic E-state index is -0.739. The Bertz CT molecular complexity index is 1000. The number of hydrogen-bond acceptors (Lipinski definition) is 4. The number of primary amides is 1. The third-order valence-electron chi connectivity index (χ3n) is 4.52. The summed E-state index contributed by atoms with van der Waals surface area (Å²) in [6.45, 7) is 3.78. The number of para-hydroxylation sites is 1. The van der Waals surface area contributed by atoms with Crippen molar-refractivity contribution in [3.05, 3.63) is 41.1 Å². The summed E-state index contributed by atoms with van der Waals surface area (Å²) >= 11 is 0. The van der Waals surface area contributed by atoms with Gasteiger partial charge in [-0.1, -0.05) is 25.1 Å². The molecule has 0 saturated carbocycles. The fourth-order valence-corrected chi connectivity index (χ4v) is 3.30. The predicted octanol–water partition coefficient (Wildman–Crippen LogP) is 1.17. The number of nitrogens with zero attached hydrogens (tertiary/aromatic N) is 2. The van der Waals surface area contributed by atoms with Gasteiger partial charge >= 0.3 is 6.03 Å². The lowest BCUT2D eigenvalue weighted by molar-refractivity contribution is -0.130. The molecule has 0 spiro atoms. The molecule has 3 rings (SSSR count). The van der Waals surface area contributed by atoms with Gasteiger partial charge in [0.25, 0.3) is 11.8 Å². The molecule has 1 aliphatic heterocycles. The molecule has 3 N–H and O–H groups in total. The molecule has 140 valence electrons. The standard InChI is InChI=1S/C19H20N4O4/c1-3-11-6-5-7-13-12(9-22(16(11)13)10-15(20)24)8-14-17(25)21-19(27)23(4-2)18(14)26/h5-9H,3-4,10H2,1-2H3,(H2,20,24)(H,21,25,27)/b14-8+. The predicted molar refractivity (Wildman–Crippen MR) is 99.4 cm³/mol. The number of carbonyl (C=O) groups excluding carboxylic acids is 4. The van der Waals surface area contributed by atoms with Crippen LogP contribution in [0.4, 0.5) is 4.79 Å². The van der Waals surface area contributed by atoms with Gasteiger partial charge in [0.05, 0.1) is 5.52 Å². The van der Waals surface area contributed by atoms with E-state index in [2.05, 4.69) is 5.32 Å². The van der Waals surface area contributed by atoms with Crippen LogP contribution in [0.5, 0.6) is 0 Å². The van der Waals surface area contributed by atoms with Gasteiger partial charge in [0, 0.05) is 23.7 Å². The van der Waals surface area contributed by atoms with Crippen LogP contribution in [0.1, 0.15) is 25.0 Å². The van der Waals surface area contributed by atoms with Crippen LogP contribution in [-0.2, 0) is 27.3 Å². The number of rotatable bonds is 5. The first-order valence-corrected chi connectivity index (χ1v) is 8.65. The number of benzene rings is 1. The highest BCUT2D eigenvalue weighted by molar-refractivity contribution is 6.31. The summed E-state index contributed by atoms with van der Waals surface area (Å²) in [6.07, 6.45) is 3.88. The van der Waals surface area contributed by atoms with Crippen molar-refractivity contribution in [2.75, 3.05) is 6.54 Å². The Balaban J connectivity index is 2.18. The number of hydrogen-bond donors (Lipinski definition) is 2. The highest BCUT2D eigenvalue weighted by Crippen LogP contribution is 2.28. The lowest BCUT2D eigenvalue weighted by Gasteiger charge is -2.24. The van der Waals surface area contributed by atoms with Crippen molar-refractivity contribution in [2.24, 2.45) is 5.73 Å². The Labute approximate surface area is 155 Å². The molecule has 2 heterocycles. The molecule has 8 heteroatoms. The van der Waals surface area contributed by atoms with Gasteiger partial charge in [-0.25, -0.2) is 4.79 Å². The molecular weight excluding hydrogens is 348 g/mol. The molecule has 1 fully saturated rings. The van der Waals surface area contributed by atoms with Gasteiger partial charge < -0.3 is 10.3 Å². The number of nitrogens with one attached hydrogen (secondary N) is 1. The number of likely N-dealkylation sites (N-methyl/N-ethyl adjacent to an activating group) is 1. The molecule has 0 aliphatic carbocycles. The first-order valence-electron chi connectivity index (χ1n) is 8.65. The molecule has 0 unspecified atom stereocenters. The molecule has 1 aromatic heterocycles. The number of imide groups is 2. The van der Waals surface area contributed by atoms with E-state index in [0.29, 0.717) is 5.56 Å². The van der Waals surface area contributed by atoms with Crippen LogP contribution in [0, 0.1) is 0 Å². The zero-order valence-corrected chi connectivity index (χ0v) is 15.1. The molecule has 1 aliphatic rings. The van der Waals surface area contributed by atoms with E-state index in [1.807, 2.05) is 25.1 Å². The van der Waals surface area contributed by atoms with E-state index in [-0.39, 0.29) is 18.7 Å². The monoisotopic (exact) mass is 368 g/mol. The summed E-state index contributed by atoms with van der Waals surface area (Å²) < 4.78 is 1.72. The normalized spacial score (nSPS) is 16.3. The van der Waals surface area contributed by atoms with Crippen LogP contribution >= 0.6 is 0 Å². The molecule has 1 aromatic carbocycles. The average Bonchev–Trinajstić information content (AvgIpc) is 2.96. The Kier molecular flexibility index (Phi) is 4.81. The molecule has 8 nitrogen and oxygen atoms in total. The van der Waals surface area contributed by atoms with E-state index < -0.39 is 23.8 Å². The highest BCUT2D eigenvalue weighted by atomic mass is 16.2. The lowest BCUT2D eigenvalue weighted by atomic mass is 10.0. The minimum absolute atomic E-state index is 0.0175. The third kappa shape index (κ3) is 3.21. The third-order valence-corrected chi connectivity index (χ3v) is 4.52. The molecule has 2 aromatic rings. The molecular formula is C19H20N4O4. The average molecular weight is 368 g/mol. The van der Waals surface area contributed by atoms with Crippen molar-refractivity contribution in [3.63, 3.8) is 0 Å². The maximum atomic E-state index is 12.5. The fourth-order valence-electron chi connectivity index (χ4n) is 3.30. The van der Waals surface area contributed by atoms with Crippen molar-refractivity contribution in [2.45, 2.75) is 26.8 Å². The van der Waals surface area contributed by atoms with Gasteiger partial charge in [-0.15, -0.1) is 0 Å². The second kappa shape index (κ2) is 7.06. The van der Waals surface area contributed by atoms with Crippen LogP contribution in [0.3, 0.4) is 0 Å². The van der Waals surface area contributed by atoms with Crippen molar-refractivity contribution in [1.82, 2.24) is 14.8 Å². The van der Waals surface area contributed by atoms with Gasteiger partial charge in [-0.05, 0) is 25.0 Å². The largest absolute Gasteiger partial charge is 0.368 e. The van der Waals surface area contributed by atoms with E-state index in [9.17, 15) is 19.2 Å². The number of aromatic nitrogens is 1. The lowest BCUT2D eigenvalue weighted by Crippen LogP contribution is -2.53. The summed E-state index contributed by atoms with van der Waals surface area (Å²) in [7, 11) is 0. The Morgan fingerprint density at radius 2 is 1.96 bits per heavy atom. The summed E-state index contributed by atoms with van der Waals surface area (Å²) in [5.74, 6) is -1.88. The number of urea groups is 1. The molecule has 1 saturated heterocycles. The van der Waals surface area contributed by atoms with E-state index in [4.69, 9.17) is 5.73 Å². The van der Waals surface area contributed by atoms with E-state index in [1.54, 1.807) is 17.7 Å². The fraction of sp³-hybridized carbons (Fsp3) is 0.263. The van der Waals surface area contributed by atoms with Gasteiger partial charge in [-0.3, -0.25) is 24.6 Å². The van der Waals surface area contributed by atoms with Crippen molar-refractivity contribution >= 4 is 40.7 Å². The number of barbiturate groups is 1. The first-order chi connectivity index (χ1) is 12.9. The zero-order valence-electron chi connectivity index (χ0n) is 15.1. The molecule has 0 atom stereocenters. The second-order valence-electron chi connectivity index (χ2n) is 6.21. The Morgan fingerprint density at radius 1 is 1.22 bits per heavy atom. The highest BCUT2D eigenvalue weighted by Gasteiger charge is 2.34. The molecule has 27 heavy (non-hydrogen) atoms. The maximum absolute atomic E-state index is 12.5. The van der Waals surface area contributed by atoms with Crippen LogP contribution in [0.25, 0.3) is 17.0 Å². The summed E-state index contributed by atoms with van der Waals surface area (Å²) in [6, 6.07) is 4.95. The quantitative estimate of drug-likeness (QED) is 0.609. The van der Waals surface area contributed by atoms with E-state index >= 15 is 0 Å². The molecule has 0 bridgehead atoms. The van der Waals surface area contributed by atoms with Crippen LogP contribution < -0.4 is 11.1 Å². The molecule has 5 amide bonds. The second-order valence-corrected chi connectivity index (χ2v) is 6.21. The summed E-state index contributed by atoms with van der Waals surface area (Å²) in [5.41, 5.74) is 7.68. The van der Waals surface area contributed by atoms with Gasteiger partial charge in [0.15, 0.2) is 0 Å². The molecule has 0 radical (unpaired) electrons. The first kappa shape index (κ1) is 18.4. The Hall–Kier alpha value is -3.42. The maximum Gasteiger partial charge on any atom is 0.331 e. The minimum Gasteiger partial charge on any atom is -0.368 e. The topological polar surface area (TPSA) is 114 Å². The van der Waals surface area contributed by atoms with Gasteiger partial charge in [-0.2, -0.15) is 0 Å². The van der Waals surface area contributed by atoms with Crippen LogP contribution in [0.2, 0.25) is 0 Å². The number of amides is 5. The summed E-state index contributed by atoms with van der Waals surface area (Å²) in [5, 5.41) is 2.96. The SMILES string of the molecule is CCc1cccc2c(/C=C3\C(=O)NC(=O)N(CC)C3=O)cn(CC(N)=O)c12. The Morgan fingerprint density at radius 3 is 2.59 bits per heavy atom. The van der Waals surface area contributed by atoms with E-state index in [1.165, 1.54) is 6.08 Å². The number of nitrogens with two attached hydrogens (primary N) is 1. The number of aryl methyl sites for hydroxylation is 1.